The number of nitro groups is 1. The zero-order valence-corrected chi connectivity index (χ0v) is 7.46. The number of aliphatic hydroxyl groups is 2. The predicted octanol–water partition coefficient (Wildman–Crippen LogP) is -0.842. The summed E-state index contributed by atoms with van der Waals surface area (Å²) < 4.78 is 0. The van der Waals surface area contributed by atoms with Gasteiger partial charge in [-0.05, 0) is 24.6 Å². The van der Waals surface area contributed by atoms with Crippen LogP contribution in [0.2, 0.25) is 0 Å². The van der Waals surface area contributed by atoms with E-state index in [1.54, 1.807) is 0 Å². The van der Waals surface area contributed by atoms with Gasteiger partial charge in [-0.15, -0.1) is 0 Å². The van der Waals surface area contributed by atoms with Crippen LogP contribution in [-0.4, -0.2) is 33.5 Å². The number of hydrogen-bond donors (Lipinski definition) is 3. The molecule has 4 N–H and O–H groups in total. The van der Waals surface area contributed by atoms with Crippen molar-refractivity contribution in [2.45, 2.75) is 18.2 Å². The van der Waals surface area contributed by atoms with Crippen molar-refractivity contribution in [1.82, 2.24) is 0 Å². The smallest absolute Gasteiger partial charge is 0.371 e. The Balaban J connectivity index is 2.85. The van der Waals surface area contributed by atoms with Crippen molar-refractivity contribution in [2.75, 3.05) is 6.54 Å². The number of hydrogen-bond acceptors (Lipinski definition) is 5. The average Bonchev–Trinajstić information content (AvgIpc) is 2.12. The molecular weight excluding hydrogens is 188 g/mol. The average molecular weight is 200 g/mol. The van der Waals surface area contributed by atoms with Gasteiger partial charge >= 0.3 is 5.72 Å². The molecule has 14 heavy (non-hydrogen) atoms. The van der Waals surface area contributed by atoms with E-state index in [2.05, 4.69) is 0 Å². The van der Waals surface area contributed by atoms with E-state index in [0.717, 1.165) is 6.08 Å². The van der Waals surface area contributed by atoms with Crippen molar-refractivity contribution in [1.29, 1.82) is 0 Å². The fourth-order valence-corrected chi connectivity index (χ4v) is 1.21. The van der Waals surface area contributed by atoms with E-state index < -0.39 is 16.8 Å². The van der Waals surface area contributed by atoms with E-state index in [1.807, 2.05) is 0 Å². The van der Waals surface area contributed by atoms with Gasteiger partial charge in [-0.2, -0.15) is 0 Å². The summed E-state index contributed by atoms with van der Waals surface area (Å²) in [5.41, 5.74) is 3.56. The molecule has 0 saturated carbocycles. The van der Waals surface area contributed by atoms with Crippen LogP contribution in [0.1, 0.15) is 6.42 Å². The predicted molar refractivity (Wildman–Crippen MR) is 48.8 cm³/mol. The summed E-state index contributed by atoms with van der Waals surface area (Å²) in [5.74, 6) is 0. The molecule has 1 rings (SSSR count). The number of rotatable bonds is 3. The molecule has 0 aromatic heterocycles. The molecule has 0 bridgehead atoms. The lowest BCUT2D eigenvalue weighted by atomic mass is 9.96. The first-order chi connectivity index (χ1) is 6.50. The molecule has 0 heterocycles. The highest BCUT2D eigenvalue weighted by atomic mass is 16.7. The van der Waals surface area contributed by atoms with Crippen LogP contribution >= 0.6 is 0 Å². The van der Waals surface area contributed by atoms with Crippen molar-refractivity contribution >= 4 is 0 Å². The van der Waals surface area contributed by atoms with E-state index in [-0.39, 0.29) is 0 Å². The Morgan fingerprint density at radius 2 is 2.36 bits per heavy atom. The van der Waals surface area contributed by atoms with Crippen LogP contribution in [0.15, 0.2) is 23.8 Å². The summed E-state index contributed by atoms with van der Waals surface area (Å²) in [6.07, 6.45) is 2.62. The van der Waals surface area contributed by atoms with Gasteiger partial charge in [0.1, 0.15) is 0 Å². The monoisotopic (exact) mass is 200 g/mol. The Morgan fingerprint density at radius 1 is 1.71 bits per heavy atom. The van der Waals surface area contributed by atoms with Crippen LogP contribution in [0.25, 0.3) is 0 Å². The van der Waals surface area contributed by atoms with Crippen molar-refractivity contribution in [3.63, 3.8) is 0 Å². The highest BCUT2D eigenvalue weighted by molar-refractivity contribution is 5.29. The number of aliphatic hydroxyl groups excluding tert-OH is 1. The Labute approximate surface area is 80.5 Å². The van der Waals surface area contributed by atoms with Gasteiger partial charge in [0.05, 0.1) is 4.92 Å². The zero-order valence-electron chi connectivity index (χ0n) is 7.46. The quantitative estimate of drug-likeness (QED) is 0.312. The first kappa shape index (κ1) is 10.8. The van der Waals surface area contributed by atoms with E-state index in [0.29, 0.717) is 18.5 Å². The molecule has 0 aromatic rings. The Morgan fingerprint density at radius 3 is 2.79 bits per heavy atom. The van der Waals surface area contributed by atoms with Crippen molar-refractivity contribution < 1.29 is 15.1 Å². The van der Waals surface area contributed by atoms with Gasteiger partial charge < -0.3 is 15.9 Å². The minimum absolute atomic E-state index is 0.389. The molecular formula is C8H12N2O4. The van der Waals surface area contributed by atoms with Gasteiger partial charge in [0, 0.05) is 6.08 Å². The fourth-order valence-electron chi connectivity index (χ4n) is 1.21. The number of nitrogens with zero attached hydrogens (tertiary/aromatic N) is 1. The summed E-state index contributed by atoms with van der Waals surface area (Å²) in [5, 5.41) is 29.2. The normalized spacial score (nSPS) is 31.4. The van der Waals surface area contributed by atoms with Crippen LogP contribution in [-0.2, 0) is 0 Å². The van der Waals surface area contributed by atoms with Gasteiger partial charge in [0.2, 0.25) is 0 Å². The molecule has 2 atom stereocenters. The third-order valence-electron chi connectivity index (χ3n) is 2.08. The van der Waals surface area contributed by atoms with Crippen LogP contribution in [0, 0.1) is 10.1 Å². The lowest BCUT2D eigenvalue weighted by Crippen LogP contribution is -2.48. The zero-order chi connectivity index (χ0) is 10.8. The molecule has 0 radical (unpaired) electrons. The molecule has 0 fully saturated rings. The second-order valence-corrected chi connectivity index (χ2v) is 3.10. The molecule has 0 aliphatic heterocycles. The molecule has 0 spiro atoms. The lowest BCUT2D eigenvalue weighted by Gasteiger charge is -2.22. The maximum atomic E-state index is 10.4. The molecule has 0 amide bonds. The minimum atomic E-state index is -2.40. The number of allylic oxidation sites excluding steroid dienone is 1. The molecule has 78 valence electrons. The first-order valence-corrected chi connectivity index (χ1v) is 4.15. The summed E-state index contributed by atoms with van der Waals surface area (Å²) in [6.45, 7) is 0.389. The van der Waals surface area contributed by atoms with Gasteiger partial charge in [-0.25, -0.2) is 0 Å². The molecule has 0 saturated heterocycles. The molecule has 1 aliphatic carbocycles. The fraction of sp³-hybridized carbons (Fsp3) is 0.500. The van der Waals surface area contributed by atoms with E-state index >= 15 is 0 Å². The van der Waals surface area contributed by atoms with Gasteiger partial charge in [0.15, 0.2) is 6.10 Å². The van der Waals surface area contributed by atoms with Crippen LogP contribution in [0.4, 0.5) is 0 Å². The number of nitrogens with two attached hydrogens (primary N) is 1. The van der Waals surface area contributed by atoms with Gasteiger partial charge in [-0.1, -0.05) is 6.08 Å². The van der Waals surface area contributed by atoms with Crippen LogP contribution < -0.4 is 5.73 Å². The maximum Gasteiger partial charge on any atom is 0.371 e. The Kier molecular flexibility index (Phi) is 3.00. The van der Waals surface area contributed by atoms with Gasteiger partial charge in [-0.3, -0.25) is 10.1 Å². The molecule has 1 aliphatic rings. The second kappa shape index (κ2) is 3.87. The second-order valence-electron chi connectivity index (χ2n) is 3.10. The standard InChI is InChI=1S/C8H12N2O4/c9-4-2-6-1-3-8(12,10(13)14)7(11)5-6/h1,3,5,7,11-12H,2,4,9H2. The third-order valence-corrected chi connectivity index (χ3v) is 2.08. The van der Waals surface area contributed by atoms with Crippen LogP contribution in [0.5, 0.6) is 0 Å². The summed E-state index contributed by atoms with van der Waals surface area (Å²) >= 11 is 0. The van der Waals surface area contributed by atoms with Crippen molar-refractivity contribution in [2.24, 2.45) is 5.73 Å². The summed E-state index contributed by atoms with van der Waals surface area (Å²) in [4.78, 5) is 9.51. The molecule has 2 unspecified atom stereocenters. The SMILES string of the molecule is NCCC1=CC(O)C(O)([N+](=O)[O-])C=C1. The third kappa shape index (κ3) is 1.82. The maximum absolute atomic E-state index is 10.4. The highest BCUT2D eigenvalue weighted by Crippen LogP contribution is 2.23. The van der Waals surface area contributed by atoms with E-state index in [1.165, 1.54) is 12.2 Å². The Hall–Kier alpha value is -1.24. The summed E-state index contributed by atoms with van der Waals surface area (Å²) in [7, 11) is 0. The minimum Gasteiger partial charge on any atom is -0.379 e. The largest absolute Gasteiger partial charge is 0.379 e. The van der Waals surface area contributed by atoms with Gasteiger partial charge in [0.25, 0.3) is 0 Å². The van der Waals surface area contributed by atoms with Crippen molar-refractivity contribution in [3.8, 4) is 0 Å². The molecule has 0 aromatic carbocycles. The first-order valence-electron chi connectivity index (χ1n) is 4.15. The molecule has 6 heteroatoms. The van der Waals surface area contributed by atoms with Crippen LogP contribution in [0.3, 0.4) is 0 Å². The lowest BCUT2D eigenvalue weighted by molar-refractivity contribution is -0.618. The molecule has 6 nitrogen and oxygen atoms in total. The Bertz CT molecular complexity index is 300. The topological polar surface area (TPSA) is 110 Å². The van der Waals surface area contributed by atoms with Crippen molar-refractivity contribution in [3.05, 3.63) is 33.9 Å². The summed E-state index contributed by atoms with van der Waals surface area (Å²) in [6, 6.07) is 0. The highest BCUT2D eigenvalue weighted by Gasteiger charge is 2.46. The van der Waals surface area contributed by atoms with E-state index in [4.69, 9.17) is 5.73 Å². The van der Waals surface area contributed by atoms with E-state index in [9.17, 15) is 20.3 Å².